The van der Waals surface area contributed by atoms with Gasteiger partial charge >= 0.3 is 17.9 Å². The van der Waals surface area contributed by atoms with Crippen LogP contribution in [0.15, 0.2) is 60.7 Å². The molecule has 248 valence electrons. The number of amides is 2. The van der Waals surface area contributed by atoms with Crippen LogP contribution in [0.25, 0.3) is 0 Å². The first-order chi connectivity index (χ1) is 22.2. The Bertz CT molecular complexity index is 1680. The number of carbonyl (C=O) groups is 5. The number of hydrogen-bond donors (Lipinski definition) is 1. The van der Waals surface area contributed by atoms with Crippen LogP contribution in [0.4, 0.5) is 11.4 Å². The number of carbonyl (C=O) groups excluding carboxylic acids is 5. The molecule has 1 N–H and O–H groups in total. The van der Waals surface area contributed by atoms with Gasteiger partial charge in [-0.25, -0.2) is 0 Å². The average molecular weight is 663 g/mol. The van der Waals surface area contributed by atoms with Crippen molar-refractivity contribution in [3.8, 4) is 0 Å². The summed E-state index contributed by atoms with van der Waals surface area (Å²) in [6.07, 6.45) is -0.239. The number of anilines is 2. The number of halogens is 1. The highest BCUT2D eigenvalue weighted by atomic mass is 35.5. The zero-order chi connectivity index (χ0) is 34.3. The Morgan fingerprint density at radius 3 is 2.30 bits per heavy atom. The van der Waals surface area contributed by atoms with Gasteiger partial charge in [0.2, 0.25) is 6.79 Å². The van der Waals surface area contributed by atoms with E-state index in [1.54, 1.807) is 81.1 Å². The van der Waals surface area contributed by atoms with Crippen LogP contribution >= 0.6 is 11.6 Å². The van der Waals surface area contributed by atoms with Crippen molar-refractivity contribution in [1.29, 1.82) is 0 Å². The fourth-order valence-electron chi connectivity index (χ4n) is 5.09. The molecule has 1 aliphatic rings. The predicted octanol–water partition coefficient (Wildman–Crippen LogP) is 7.10. The van der Waals surface area contributed by atoms with E-state index in [2.05, 4.69) is 5.32 Å². The van der Waals surface area contributed by atoms with Crippen molar-refractivity contribution in [1.82, 2.24) is 0 Å². The summed E-state index contributed by atoms with van der Waals surface area (Å²) in [7, 11) is 0. The molecule has 0 fully saturated rings. The second-order valence-corrected chi connectivity index (χ2v) is 12.8. The van der Waals surface area contributed by atoms with E-state index in [-0.39, 0.29) is 24.7 Å². The minimum Gasteiger partial charge on any atom is -0.457 e. The number of hydrogen-bond acceptors (Lipinski definition) is 8. The van der Waals surface area contributed by atoms with E-state index < -0.39 is 36.2 Å². The van der Waals surface area contributed by atoms with Crippen molar-refractivity contribution < 1.29 is 38.2 Å². The number of nitrogens with zero attached hydrogens (tertiary/aromatic N) is 1. The van der Waals surface area contributed by atoms with Crippen LogP contribution in [-0.2, 0) is 28.6 Å². The molecule has 4 rings (SSSR count). The van der Waals surface area contributed by atoms with E-state index >= 15 is 0 Å². The third kappa shape index (κ3) is 9.19. The zero-order valence-corrected chi connectivity index (χ0v) is 27.9. The van der Waals surface area contributed by atoms with E-state index in [0.29, 0.717) is 58.0 Å². The van der Waals surface area contributed by atoms with Crippen LogP contribution < -0.4 is 10.2 Å². The van der Waals surface area contributed by atoms with Gasteiger partial charge in [0.1, 0.15) is 6.10 Å². The molecule has 2 amide bonds. The lowest BCUT2D eigenvalue weighted by Gasteiger charge is -2.25. The summed E-state index contributed by atoms with van der Waals surface area (Å²) in [5, 5.41) is 3.32. The van der Waals surface area contributed by atoms with Gasteiger partial charge in [0.05, 0.1) is 23.9 Å². The number of fused-ring (bicyclic) bond motifs is 1. The Hall–Kier alpha value is -4.70. The highest BCUT2D eigenvalue weighted by Crippen LogP contribution is 2.38. The van der Waals surface area contributed by atoms with Gasteiger partial charge in [-0.3, -0.25) is 24.0 Å². The quantitative estimate of drug-likeness (QED) is 0.190. The van der Waals surface area contributed by atoms with Crippen LogP contribution in [0.5, 0.6) is 0 Å². The molecule has 0 aromatic heterocycles. The van der Waals surface area contributed by atoms with Gasteiger partial charge in [-0.15, -0.1) is 0 Å². The Morgan fingerprint density at radius 1 is 0.872 bits per heavy atom. The zero-order valence-electron chi connectivity index (χ0n) is 27.2. The maximum Gasteiger partial charge on any atom is 0.314 e. The van der Waals surface area contributed by atoms with Crippen molar-refractivity contribution in [2.45, 2.75) is 66.4 Å². The van der Waals surface area contributed by atoms with Crippen LogP contribution in [-0.4, -0.2) is 43.1 Å². The number of benzene rings is 3. The second-order valence-electron chi connectivity index (χ2n) is 12.4. The van der Waals surface area contributed by atoms with Crippen molar-refractivity contribution in [2.75, 3.05) is 23.6 Å². The first-order valence-corrected chi connectivity index (χ1v) is 15.7. The van der Waals surface area contributed by atoms with Crippen molar-refractivity contribution in [3.63, 3.8) is 0 Å². The minimum absolute atomic E-state index is 0.237. The van der Waals surface area contributed by atoms with Gasteiger partial charge in [-0.05, 0) is 101 Å². The molecule has 1 aliphatic heterocycles. The molecule has 47 heavy (non-hydrogen) atoms. The minimum atomic E-state index is -0.737. The van der Waals surface area contributed by atoms with E-state index in [1.165, 1.54) is 0 Å². The summed E-state index contributed by atoms with van der Waals surface area (Å²) in [4.78, 5) is 65.1. The summed E-state index contributed by atoms with van der Waals surface area (Å²) in [5.74, 6) is -2.33. The molecule has 3 aromatic carbocycles. The van der Waals surface area contributed by atoms with Crippen molar-refractivity contribution in [3.05, 3.63) is 93.5 Å². The molecule has 0 bridgehead atoms. The van der Waals surface area contributed by atoms with Crippen molar-refractivity contribution in [2.24, 2.45) is 5.41 Å². The SMILES string of the molecule is Cc1ccccc1C(=O)Nc1ccc(C(=O)N2CCCC(OC(=O)CCC(=O)OCOC(=O)C(C)(C)C)c3cc(Cl)ccc32)c(C)c1. The fourth-order valence-corrected chi connectivity index (χ4v) is 5.27. The van der Waals surface area contributed by atoms with Gasteiger partial charge in [0.25, 0.3) is 11.8 Å². The smallest absolute Gasteiger partial charge is 0.314 e. The summed E-state index contributed by atoms with van der Waals surface area (Å²) in [6, 6.07) is 17.5. The van der Waals surface area contributed by atoms with Gasteiger partial charge in [0, 0.05) is 33.9 Å². The summed E-state index contributed by atoms with van der Waals surface area (Å²) < 4.78 is 15.6. The lowest BCUT2D eigenvalue weighted by Crippen LogP contribution is -2.32. The normalized spacial score (nSPS) is 14.3. The molecule has 0 radical (unpaired) electrons. The average Bonchev–Trinajstić information content (AvgIpc) is 3.18. The Kier molecular flexibility index (Phi) is 11.4. The molecule has 0 saturated heterocycles. The highest BCUT2D eigenvalue weighted by Gasteiger charge is 2.30. The second kappa shape index (κ2) is 15.3. The van der Waals surface area contributed by atoms with Crippen LogP contribution in [0.2, 0.25) is 5.02 Å². The standard InChI is InChI=1S/C36H39ClN2O8/c1-22-9-6-7-10-26(22)33(42)38-25-13-14-27(23(2)19-25)34(43)39-18-8-11-30(28-20-24(37)12-15-29(28)39)47-32(41)17-16-31(40)45-21-46-35(44)36(3,4)5/h6-7,9-10,12-15,19-20,30H,8,11,16-18,21H2,1-5H3,(H,38,42). The number of aryl methyl sites for hydroxylation is 2. The van der Waals surface area contributed by atoms with E-state index in [4.69, 9.17) is 25.8 Å². The lowest BCUT2D eigenvalue weighted by atomic mass is 9.98. The highest BCUT2D eigenvalue weighted by molar-refractivity contribution is 6.30. The van der Waals surface area contributed by atoms with Crippen molar-refractivity contribution >= 4 is 52.7 Å². The summed E-state index contributed by atoms with van der Waals surface area (Å²) in [5.41, 5.74) is 3.53. The fraction of sp³-hybridized carbons (Fsp3) is 0.361. The molecule has 10 nitrogen and oxygen atoms in total. The molecule has 0 aliphatic carbocycles. The topological polar surface area (TPSA) is 128 Å². The van der Waals surface area contributed by atoms with E-state index in [9.17, 15) is 24.0 Å². The first kappa shape index (κ1) is 35.2. The largest absolute Gasteiger partial charge is 0.457 e. The third-order valence-corrected chi connectivity index (χ3v) is 7.89. The number of ether oxygens (including phenoxy) is 3. The first-order valence-electron chi connectivity index (χ1n) is 15.4. The monoisotopic (exact) mass is 662 g/mol. The summed E-state index contributed by atoms with van der Waals surface area (Å²) in [6.45, 7) is 8.54. The van der Waals surface area contributed by atoms with Gasteiger partial charge in [0.15, 0.2) is 0 Å². The number of nitrogens with one attached hydrogen (secondary N) is 1. The molecule has 1 atom stereocenters. The molecule has 11 heteroatoms. The van der Waals surface area contributed by atoms with Gasteiger partial charge in [-0.2, -0.15) is 0 Å². The molecule has 0 saturated carbocycles. The molecule has 3 aromatic rings. The Morgan fingerprint density at radius 2 is 1.60 bits per heavy atom. The van der Waals surface area contributed by atoms with Crippen LogP contribution in [0.3, 0.4) is 0 Å². The Balaban J connectivity index is 1.42. The number of rotatable bonds is 9. The van der Waals surface area contributed by atoms with Crippen LogP contribution in [0.1, 0.15) is 90.0 Å². The molecular weight excluding hydrogens is 624 g/mol. The summed E-state index contributed by atoms with van der Waals surface area (Å²) >= 11 is 6.34. The maximum atomic E-state index is 13.9. The predicted molar refractivity (Wildman–Crippen MR) is 177 cm³/mol. The van der Waals surface area contributed by atoms with Gasteiger partial charge < -0.3 is 24.4 Å². The third-order valence-electron chi connectivity index (χ3n) is 7.65. The van der Waals surface area contributed by atoms with Gasteiger partial charge in [-0.1, -0.05) is 29.8 Å². The molecule has 0 spiro atoms. The Labute approximate surface area is 279 Å². The maximum absolute atomic E-state index is 13.9. The molecule has 1 heterocycles. The van der Waals surface area contributed by atoms with E-state index in [0.717, 1.165) is 5.56 Å². The number of esters is 3. The lowest BCUT2D eigenvalue weighted by molar-refractivity contribution is -0.174. The van der Waals surface area contributed by atoms with E-state index in [1.807, 2.05) is 19.1 Å². The molecular formula is C36H39ClN2O8. The van der Waals surface area contributed by atoms with Crippen LogP contribution in [0, 0.1) is 19.3 Å². The molecule has 1 unspecified atom stereocenters.